The van der Waals surface area contributed by atoms with Gasteiger partial charge >= 0.3 is 6.18 Å². The molecule has 3 heterocycles. The van der Waals surface area contributed by atoms with Gasteiger partial charge in [-0.15, -0.1) is 0 Å². The summed E-state index contributed by atoms with van der Waals surface area (Å²) < 4.78 is 37.8. The van der Waals surface area contributed by atoms with Crippen molar-refractivity contribution in [2.45, 2.75) is 37.5 Å². The normalized spacial score (nSPS) is 27.8. The summed E-state index contributed by atoms with van der Waals surface area (Å²) in [6, 6.07) is 0.886. The van der Waals surface area contributed by atoms with E-state index in [1.165, 1.54) is 0 Å². The molecule has 0 spiro atoms. The molecule has 0 radical (unpaired) electrons. The highest BCUT2D eigenvalue weighted by Gasteiger charge is 2.40. The first kappa shape index (κ1) is 15.4. The van der Waals surface area contributed by atoms with Crippen molar-refractivity contribution in [1.29, 1.82) is 0 Å². The van der Waals surface area contributed by atoms with Crippen LogP contribution in [0.5, 0.6) is 0 Å². The molecule has 3 atom stereocenters. The SMILES string of the molecule is O=CN1C[C@@H]2CC[C@H]1[C@H](Nc1ncc(C(F)(F)F)cc1Cl)C2. The number of pyridine rings is 1. The van der Waals surface area contributed by atoms with Crippen LogP contribution in [-0.4, -0.2) is 34.9 Å². The molecule has 1 aromatic heterocycles. The van der Waals surface area contributed by atoms with Crippen molar-refractivity contribution in [3.63, 3.8) is 0 Å². The van der Waals surface area contributed by atoms with E-state index in [1.54, 1.807) is 4.90 Å². The van der Waals surface area contributed by atoms with Crippen LogP contribution in [0.4, 0.5) is 19.0 Å². The molecule has 0 unspecified atom stereocenters. The third kappa shape index (κ3) is 2.86. The molecule has 3 aliphatic rings. The minimum atomic E-state index is -4.46. The molecular formula is C14H15ClF3N3O. The molecule has 22 heavy (non-hydrogen) atoms. The number of hydrogen-bond acceptors (Lipinski definition) is 3. The Morgan fingerprint density at radius 1 is 1.41 bits per heavy atom. The molecule has 1 aromatic rings. The average molecular weight is 334 g/mol. The average Bonchev–Trinajstić information content (AvgIpc) is 2.48. The smallest absolute Gasteiger partial charge is 0.364 e. The van der Waals surface area contributed by atoms with Crippen LogP contribution in [0, 0.1) is 5.92 Å². The van der Waals surface area contributed by atoms with Gasteiger partial charge in [-0.05, 0) is 31.2 Å². The number of piperidine rings is 2. The maximum atomic E-state index is 12.6. The van der Waals surface area contributed by atoms with Gasteiger partial charge < -0.3 is 10.2 Å². The van der Waals surface area contributed by atoms with Crippen LogP contribution >= 0.6 is 11.6 Å². The zero-order chi connectivity index (χ0) is 15.9. The van der Waals surface area contributed by atoms with E-state index in [9.17, 15) is 18.0 Å². The van der Waals surface area contributed by atoms with Crippen LogP contribution in [-0.2, 0) is 11.0 Å². The summed E-state index contributed by atoms with van der Waals surface area (Å²) in [5.74, 6) is 0.652. The van der Waals surface area contributed by atoms with E-state index in [0.29, 0.717) is 5.92 Å². The lowest BCUT2D eigenvalue weighted by Gasteiger charge is -2.48. The molecule has 2 aliphatic heterocycles. The van der Waals surface area contributed by atoms with E-state index < -0.39 is 11.7 Å². The Morgan fingerprint density at radius 2 is 2.18 bits per heavy atom. The molecule has 3 fully saturated rings. The number of alkyl halides is 3. The van der Waals surface area contributed by atoms with Crippen molar-refractivity contribution in [2.24, 2.45) is 5.92 Å². The van der Waals surface area contributed by atoms with Gasteiger partial charge in [0.2, 0.25) is 6.41 Å². The summed E-state index contributed by atoms with van der Waals surface area (Å²) in [6.07, 6.45) is -0.0264. The minimum absolute atomic E-state index is 0.0283. The number of aromatic nitrogens is 1. The summed E-state index contributed by atoms with van der Waals surface area (Å²) in [5, 5.41) is 3.05. The maximum Gasteiger partial charge on any atom is 0.417 e. The highest BCUT2D eigenvalue weighted by molar-refractivity contribution is 6.33. The first-order valence-corrected chi connectivity index (χ1v) is 7.46. The molecule has 1 N–H and O–H groups in total. The molecule has 2 saturated heterocycles. The lowest BCUT2D eigenvalue weighted by atomic mass is 9.77. The second-order valence-electron chi connectivity index (χ2n) is 5.85. The van der Waals surface area contributed by atoms with E-state index in [1.807, 2.05) is 0 Å². The van der Waals surface area contributed by atoms with Gasteiger partial charge in [0.05, 0.1) is 16.6 Å². The molecule has 1 saturated carbocycles. The number of nitrogens with one attached hydrogen (secondary N) is 1. The van der Waals surface area contributed by atoms with E-state index in [0.717, 1.165) is 44.5 Å². The van der Waals surface area contributed by atoms with Crippen LogP contribution in [0.25, 0.3) is 0 Å². The van der Waals surface area contributed by atoms with E-state index in [4.69, 9.17) is 11.6 Å². The number of nitrogens with zero attached hydrogens (tertiary/aromatic N) is 2. The zero-order valence-corrected chi connectivity index (χ0v) is 12.4. The van der Waals surface area contributed by atoms with E-state index in [-0.39, 0.29) is 22.9 Å². The first-order chi connectivity index (χ1) is 10.4. The van der Waals surface area contributed by atoms with Crippen LogP contribution in [0.1, 0.15) is 24.8 Å². The quantitative estimate of drug-likeness (QED) is 0.864. The molecule has 8 heteroatoms. The summed E-state index contributed by atoms with van der Waals surface area (Å²) in [4.78, 5) is 16.7. The Hall–Kier alpha value is -1.50. The third-order valence-electron chi connectivity index (χ3n) is 4.44. The van der Waals surface area contributed by atoms with Crippen molar-refractivity contribution in [1.82, 2.24) is 9.88 Å². The highest BCUT2D eigenvalue weighted by Crippen LogP contribution is 2.37. The number of anilines is 1. The molecule has 2 bridgehead atoms. The van der Waals surface area contributed by atoms with Crippen LogP contribution in [0.3, 0.4) is 0 Å². The Balaban J connectivity index is 1.77. The highest BCUT2D eigenvalue weighted by atomic mass is 35.5. The fraction of sp³-hybridized carbons (Fsp3) is 0.571. The number of hydrogen-bond donors (Lipinski definition) is 1. The van der Waals surface area contributed by atoms with Crippen LogP contribution in [0.2, 0.25) is 5.02 Å². The summed E-state index contributed by atoms with van der Waals surface area (Å²) in [7, 11) is 0. The topological polar surface area (TPSA) is 45.2 Å². The second kappa shape index (κ2) is 5.61. The zero-order valence-electron chi connectivity index (χ0n) is 11.6. The molecule has 4 rings (SSSR count). The predicted molar refractivity (Wildman–Crippen MR) is 75.6 cm³/mol. The Bertz CT molecular complexity index is 581. The number of carbonyl (C=O) groups is 1. The molecule has 1 aliphatic carbocycles. The van der Waals surface area contributed by atoms with Gasteiger partial charge in [0.15, 0.2) is 0 Å². The standard InChI is InChI=1S/C14H15ClF3N3O/c15-10-4-9(14(16,17)18)5-19-13(10)20-11-3-8-1-2-12(11)21(6-8)7-22/h4-5,7-8,11-12H,1-3,6H2,(H,19,20)/t8-,11-,12+/m1/s1. The predicted octanol–water partition coefficient (Wildman–Crippen LogP) is 3.18. The number of carbonyl (C=O) groups excluding carboxylic acids is 1. The van der Waals surface area contributed by atoms with Crippen molar-refractivity contribution in [3.05, 3.63) is 22.8 Å². The summed E-state index contributed by atoms with van der Waals surface area (Å²) in [6.45, 7) is 0.751. The fourth-order valence-corrected chi connectivity index (χ4v) is 3.61. The Morgan fingerprint density at radius 3 is 2.77 bits per heavy atom. The lowest BCUT2D eigenvalue weighted by molar-refractivity contribution is -0.137. The van der Waals surface area contributed by atoms with Gasteiger partial charge in [-0.3, -0.25) is 4.79 Å². The summed E-state index contributed by atoms with van der Waals surface area (Å²) >= 11 is 5.92. The van der Waals surface area contributed by atoms with Gasteiger partial charge in [-0.1, -0.05) is 11.6 Å². The first-order valence-electron chi connectivity index (χ1n) is 7.09. The number of halogens is 4. The third-order valence-corrected chi connectivity index (χ3v) is 4.73. The van der Waals surface area contributed by atoms with Crippen molar-refractivity contribution >= 4 is 23.8 Å². The van der Waals surface area contributed by atoms with Gasteiger partial charge in [-0.25, -0.2) is 4.98 Å². The van der Waals surface area contributed by atoms with E-state index in [2.05, 4.69) is 10.3 Å². The van der Waals surface area contributed by atoms with Crippen molar-refractivity contribution in [2.75, 3.05) is 11.9 Å². The van der Waals surface area contributed by atoms with Gasteiger partial charge in [0, 0.05) is 18.8 Å². The molecule has 1 amide bonds. The van der Waals surface area contributed by atoms with Gasteiger partial charge in [0.25, 0.3) is 0 Å². The Kier molecular flexibility index (Phi) is 3.92. The largest absolute Gasteiger partial charge is 0.417 e. The van der Waals surface area contributed by atoms with E-state index >= 15 is 0 Å². The fourth-order valence-electron chi connectivity index (χ4n) is 3.39. The van der Waals surface area contributed by atoms with Crippen LogP contribution in [0.15, 0.2) is 12.3 Å². The molecule has 4 nitrogen and oxygen atoms in total. The number of amides is 1. The minimum Gasteiger partial charge on any atom is -0.364 e. The number of fused-ring (bicyclic) bond motifs is 3. The van der Waals surface area contributed by atoms with Crippen molar-refractivity contribution < 1.29 is 18.0 Å². The molecule has 120 valence electrons. The maximum absolute atomic E-state index is 12.6. The lowest BCUT2D eigenvalue weighted by Crippen LogP contribution is -2.57. The number of rotatable bonds is 3. The molecule has 0 aromatic carbocycles. The Labute approximate surface area is 130 Å². The summed E-state index contributed by atoms with van der Waals surface area (Å²) in [5.41, 5.74) is -0.872. The second-order valence-corrected chi connectivity index (χ2v) is 6.26. The van der Waals surface area contributed by atoms with Gasteiger partial charge in [-0.2, -0.15) is 13.2 Å². The van der Waals surface area contributed by atoms with Crippen molar-refractivity contribution in [3.8, 4) is 0 Å². The van der Waals surface area contributed by atoms with Gasteiger partial charge in [0.1, 0.15) is 5.82 Å². The molecular weight excluding hydrogens is 319 g/mol. The van der Waals surface area contributed by atoms with Crippen LogP contribution < -0.4 is 5.32 Å². The monoisotopic (exact) mass is 333 g/mol.